The van der Waals surface area contributed by atoms with Crippen LogP contribution in [0.3, 0.4) is 0 Å². The summed E-state index contributed by atoms with van der Waals surface area (Å²) in [6, 6.07) is 16.2. The number of nitrogens with zero attached hydrogens (tertiary/aromatic N) is 4. The van der Waals surface area contributed by atoms with Gasteiger partial charge in [0, 0.05) is 73.3 Å². The summed E-state index contributed by atoms with van der Waals surface area (Å²) in [5, 5.41) is 15.4. The first-order valence-corrected chi connectivity index (χ1v) is 12.9. The highest BCUT2D eigenvalue weighted by Gasteiger charge is 2.18. The highest BCUT2D eigenvalue weighted by molar-refractivity contribution is 5.92. The van der Waals surface area contributed by atoms with Gasteiger partial charge in [0.05, 0.1) is 16.8 Å². The molecule has 2 aromatic carbocycles. The number of aryl methyl sites for hydroxylation is 1. The van der Waals surface area contributed by atoms with E-state index in [9.17, 15) is 5.26 Å². The fourth-order valence-corrected chi connectivity index (χ4v) is 5.03. The van der Waals surface area contributed by atoms with Crippen LogP contribution in [-0.4, -0.2) is 66.1 Å². The van der Waals surface area contributed by atoms with E-state index < -0.39 is 0 Å². The fourth-order valence-electron chi connectivity index (χ4n) is 5.03. The lowest BCUT2D eigenvalue weighted by atomic mass is 10.1. The topological polar surface area (TPSA) is 93.3 Å². The van der Waals surface area contributed by atoms with Crippen molar-refractivity contribution >= 4 is 33.2 Å². The number of aromatic amines is 1. The summed E-state index contributed by atoms with van der Waals surface area (Å²) in [6.07, 6.45) is 5.24. The van der Waals surface area contributed by atoms with Gasteiger partial charge in [0.25, 0.3) is 0 Å². The lowest BCUT2D eigenvalue weighted by Crippen LogP contribution is -2.45. The number of rotatable bonds is 7. The van der Waals surface area contributed by atoms with E-state index in [1.54, 1.807) is 12.4 Å². The van der Waals surface area contributed by atoms with Crippen LogP contribution in [0.5, 0.6) is 5.75 Å². The number of ether oxygens (including phenoxy) is 1. The molecule has 6 rings (SSSR count). The average molecular weight is 507 g/mol. The first-order chi connectivity index (χ1) is 18.6. The number of hydrogen-bond donors (Lipinski definition) is 2. The predicted octanol–water partition coefficient (Wildman–Crippen LogP) is 5.53. The number of nitrogens with one attached hydrogen (secondary N) is 2. The normalized spacial score (nSPS) is 14.7. The smallest absolute Gasteiger partial charge is 0.139 e. The first kappa shape index (κ1) is 24.0. The Morgan fingerprint density at radius 3 is 2.82 bits per heavy atom. The Kier molecular flexibility index (Phi) is 6.46. The molecule has 1 fully saturated rings. The maximum atomic E-state index is 9.85. The van der Waals surface area contributed by atoms with Crippen molar-refractivity contribution in [2.45, 2.75) is 6.92 Å². The van der Waals surface area contributed by atoms with Gasteiger partial charge in [-0.15, -0.1) is 0 Å². The Bertz CT molecular complexity index is 1640. The second kappa shape index (κ2) is 10.2. The first-order valence-electron chi connectivity index (χ1n) is 12.9. The van der Waals surface area contributed by atoms with Crippen LogP contribution in [0.1, 0.15) is 11.1 Å². The number of hydrogen-bond acceptors (Lipinski definition) is 7. The number of anilines is 2. The average Bonchev–Trinajstić information content (AvgIpc) is 3.59. The van der Waals surface area contributed by atoms with Gasteiger partial charge >= 0.3 is 0 Å². The van der Waals surface area contributed by atoms with Crippen molar-refractivity contribution in [3.63, 3.8) is 0 Å². The molecule has 4 heterocycles. The van der Waals surface area contributed by atoms with Crippen molar-refractivity contribution in [3.05, 3.63) is 72.2 Å². The molecule has 8 heteroatoms. The van der Waals surface area contributed by atoms with Crippen molar-refractivity contribution in [3.8, 4) is 23.1 Å². The Labute approximate surface area is 221 Å². The molecule has 192 valence electrons. The van der Waals surface area contributed by atoms with Gasteiger partial charge in [0.1, 0.15) is 29.8 Å². The Morgan fingerprint density at radius 2 is 1.97 bits per heavy atom. The minimum atomic E-state index is 0.449. The monoisotopic (exact) mass is 506 g/mol. The lowest BCUT2D eigenvalue weighted by molar-refractivity contribution is 0.134. The van der Waals surface area contributed by atoms with Crippen LogP contribution >= 0.6 is 0 Å². The van der Waals surface area contributed by atoms with Crippen LogP contribution in [0, 0.1) is 18.3 Å². The molecule has 0 spiro atoms. The van der Waals surface area contributed by atoms with Crippen molar-refractivity contribution < 1.29 is 9.15 Å². The highest BCUT2D eigenvalue weighted by Crippen LogP contribution is 2.38. The predicted molar refractivity (Wildman–Crippen MR) is 150 cm³/mol. The van der Waals surface area contributed by atoms with Gasteiger partial charge in [-0.05, 0) is 62.0 Å². The third-order valence-electron chi connectivity index (χ3n) is 7.36. The summed E-state index contributed by atoms with van der Waals surface area (Å²) < 4.78 is 12.3. The Hall–Kier alpha value is -4.32. The Balaban J connectivity index is 1.25. The van der Waals surface area contributed by atoms with Crippen molar-refractivity contribution in [2.24, 2.45) is 0 Å². The molecule has 3 aromatic heterocycles. The van der Waals surface area contributed by atoms with Gasteiger partial charge < -0.3 is 24.4 Å². The van der Waals surface area contributed by atoms with Gasteiger partial charge in [0.2, 0.25) is 0 Å². The van der Waals surface area contributed by atoms with Crippen LogP contribution in [0.25, 0.3) is 33.2 Å². The minimum Gasteiger partial charge on any atom is -0.492 e. The second-order valence-electron chi connectivity index (χ2n) is 9.83. The summed E-state index contributed by atoms with van der Waals surface area (Å²) >= 11 is 0. The number of likely N-dealkylation sites (N-methyl/N-ethyl adjacent to an activating group) is 1. The maximum absolute atomic E-state index is 9.85. The summed E-state index contributed by atoms with van der Waals surface area (Å²) in [7, 11) is 2.16. The molecule has 5 aromatic rings. The molecule has 0 unspecified atom stereocenters. The highest BCUT2D eigenvalue weighted by atomic mass is 16.5. The molecule has 2 N–H and O–H groups in total. The summed E-state index contributed by atoms with van der Waals surface area (Å²) in [4.78, 5) is 12.3. The number of aromatic nitrogens is 2. The molecule has 1 saturated heterocycles. The van der Waals surface area contributed by atoms with Gasteiger partial charge in [-0.25, -0.2) is 0 Å². The van der Waals surface area contributed by atoms with Crippen LogP contribution < -0.4 is 10.1 Å². The van der Waals surface area contributed by atoms with Crippen LogP contribution in [0.15, 0.2) is 65.5 Å². The summed E-state index contributed by atoms with van der Waals surface area (Å²) in [5.74, 6) is 1.46. The van der Waals surface area contributed by atoms with E-state index in [-0.39, 0.29) is 0 Å². The van der Waals surface area contributed by atoms with E-state index in [1.807, 2.05) is 42.6 Å². The SMILES string of the molecule is Cc1c(Nc2c(C#N)cncc2-c2cc3cc(OCCN4CCN(C)CC4)ccc3o2)ccc2[nH]ccc12. The van der Waals surface area contributed by atoms with Gasteiger partial charge in [-0.3, -0.25) is 9.88 Å². The number of H-pyrrole nitrogens is 1. The third kappa shape index (κ3) is 4.70. The van der Waals surface area contributed by atoms with Gasteiger partial charge in [-0.1, -0.05) is 0 Å². The molecule has 8 nitrogen and oxygen atoms in total. The van der Waals surface area contributed by atoms with E-state index >= 15 is 0 Å². The molecule has 0 amide bonds. The van der Waals surface area contributed by atoms with E-state index in [1.165, 1.54) is 0 Å². The largest absolute Gasteiger partial charge is 0.492 e. The van der Waals surface area contributed by atoms with E-state index in [0.717, 1.165) is 77.2 Å². The van der Waals surface area contributed by atoms with Crippen molar-refractivity contribution in [2.75, 3.05) is 51.7 Å². The molecule has 0 atom stereocenters. The van der Waals surface area contributed by atoms with Crippen molar-refractivity contribution in [1.29, 1.82) is 5.26 Å². The zero-order valence-electron chi connectivity index (χ0n) is 21.6. The van der Waals surface area contributed by atoms with Crippen molar-refractivity contribution in [1.82, 2.24) is 19.8 Å². The lowest BCUT2D eigenvalue weighted by Gasteiger charge is -2.32. The van der Waals surface area contributed by atoms with Crippen LogP contribution in [-0.2, 0) is 0 Å². The number of fused-ring (bicyclic) bond motifs is 2. The molecular weight excluding hydrogens is 476 g/mol. The fraction of sp³-hybridized carbons (Fsp3) is 0.267. The zero-order valence-corrected chi connectivity index (χ0v) is 21.6. The number of benzene rings is 2. The molecule has 0 bridgehead atoms. The Morgan fingerprint density at radius 1 is 1.11 bits per heavy atom. The second-order valence-corrected chi connectivity index (χ2v) is 9.83. The third-order valence-corrected chi connectivity index (χ3v) is 7.36. The van der Waals surface area contributed by atoms with Crippen LogP contribution in [0.4, 0.5) is 11.4 Å². The number of nitriles is 1. The van der Waals surface area contributed by atoms with Gasteiger partial charge in [0.15, 0.2) is 0 Å². The van der Waals surface area contributed by atoms with Crippen LogP contribution in [0.2, 0.25) is 0 Å². The number of piperazine rings is 1. The standard InChI is InChI=1S/C30H30N6O2/c1-20-24-7-8-33-27(24)5-4-26(20)34-30-22(17-31)18-32-19-25(30)29-16-21-15-23(3-6-28(21)38-29)37-14-13-36-11-9-35(2)10-12-36/h3-8,15-16,18-19,33H,9-14H2,1-2H3,(H,32,34). The zero-order chi connectivity index (χ0) is 26.1. The molecule has 0 saturated carbocycles. The van der Waals surface area contributed by atoms with E-state index in [2.05, 4.69) is 51.2 Å². The molecule has 0 radical (unpaired) electrons. The maximum Gasteiger partial charge on any atom is 0.139 e. The quantitative estimate of drug-likeness (QED) is 0.300. The molecule has 1 aliphatic heterocycles. The minimum absolute atomic E-state index is 0.449. The molecule has 1 aliphatic rings. The van der Waals surface area contributed by atoms with E-state index in [0.29, 0.717) is 23.6 Å². The molecule has 0 aliphatic carbocycles. The number of furan rings is 1. The van der Waals surface area contributed by atoms with E-state index in [4.69, 9.17) is 9.15 Å². The molecular formula is C30H30N6O2. The molecule has 38 heavy (non-hydrogen) atoms. The number of pyridine rings is 1. The van der Waals surface area contributed by atoms with Gasteiger partial charge in [-0.2, -0.15) is 5.26 Å². The summed E-state index contributed by atoms with van der Waals surface area (Å²) in [6.45, 7) is 7.98. The summed E-state index contributed by atoms with van der Waals surface area (Å²) in [5.41, 5.74) is 5.69.